The third kappa shape index (κ3) is 2.45. The molecule has 1 heterocycles. The van der Waals surface area contributed by atoms with E-state index in [1.807, 2.05) is 13.2 Å². The highest BCUT2D eigenvalue weighted by Crippen LogP contribution is 2.31. The van der Waals surface area contributed by atoms with Gasteiger partial charge in [0.25, 0.3) is 0 Å². The molecule has 0 saturated carbocycles. The fourth-order valence-electron chi connectivity index (χ4n) is 2.76. The fraction of sp³-hybridized carbons (Fsp3) is 0.235. The van der Waals surface area contributed by atoms with Crippen LogP contribution in [0.4, 0.5) is 0 Å². The maximum Gasteiger partial charge on any atom is 0.0688 e. The van der Waals surface area contributed by atoms with Crippen molar-refractivity contribution in [2.75, 3.05) is 13.6 Å². The molecule has 102 valence electrons. The Morgan fingerprint density at radius 3 is 2.75 bits per heavy atom. The van der Waals surface area contributed by atoms with E-state index in [9.17, 15) is 0 Å². The van der Waals surface area contributed by atoms with Crippen LogP contribution in [0, 0.1) is 0 Å². The van der Waals surface area contributed by atoms with E-state index in [4.69, 9.17) is 0 Å². The van der Waals surface area contributed by atoms with Crippen LogP contribution in [0.15, 0.2) is 54.7 Å². The molecule has 0 aliphatic rings. The van der Waals surface area contributed by atoms with Crippen LogP contribution < -0.4 is 5.32 Å². The molecule has 2 N–H and O–H groups in total. The van der Waals surface area contributed by atoms with Gasteiger partial charge in [-0.25, -0.2) is 0 Å². The highest BCUT2D eigenvalue weighted by molar-refractivity contribution is 5.82. The average molecular weight is 265 g/mol. The van der Waals surface area contributed by atoms with Crippen molar-refractivity contribution in [3.63, 3.8) is 0 Å². The van der Waals surface area contributed by atoms with Crippen molar-refractivity contribution >= 4 is 10.9 Å². The molecule has 0 radical (unpaired) electrons. The van der Waals surface area contributed by atoms with Crippen molar-refractivity contribution in [1.29, 1.82) is 0 Å². The lowest BCUT2D eigenvalue weighted by Crippen LogP contribution is -2.13. The Bertz CT molecular complexity index is 673. The smallest absolute Gasteiger partial charge is 0.0688 e. The maximum atomic E-state index is 4.18. The summed E-state index contributed by atoms with van der Waals surface area (Å²) in [6.45, 7) is 0.990. The van der Waals surface area contributed by atoms with Gasteiger partial charge in [0.05, 0.1) is 11.7 Å². The number of aromatic amines is 1. The zero-order valence-electron chi connectivity index (χ0n) is 11.6. The molecule has 1 aromatic heterocycles. The number of benzene rings is 2. The molecular formula is C17H19N3. The molecule has 0 unspecified atom stereocenters. The van der Waals surface area contributed by atoms with E-state index in [-0.39, 0.29) is 0 Å². The minimum atomic E-state index is 0.382. The summed E-state index contributed by atoms with van der Waals surface area (Å²) in [4.78, 5) is 0. The highest BCUT2D eigenvalue weighted by atomic mass is 15.1. The zero-order chi connectivity index (χ0) is 13.8. The largest absolute Gasteiger partial charge is 0.320 e. The first-order valence-corrected chi connectivity index (χ1v) is 7.01. The molecule has 1 atom stereocenters. The van der Waals surface area contributed by atoms with Gasteiger partial charge >= 0.3 is 0 Å². The van der Waals surface area contributed by atoms with Gasteiger partial charge in [0, 0.05) is 11.3 Å². The normalized spacial score (nSPS) is 12.7. The second-order valence-electron chi connectivity index (χ2n) is 5.04. The van der Waals surface area contributed by atoms with Gasteiger partial charge in [0.2, 0.25) is 0 Å². The lowest BCUT2D eigenvalue weighted by atomic mass is 9.87. The van der Waals surface area contributed by atoms with E-state index in [0.29, 0.717) is 5.92 Å². The summed E-state index contributed by atoms with van der Waals surface area (Å²) in [7, 11) is 2.00. The number of para-hydroxylation sites is 1. The summed E-state index contributed by atoms with van der Waals surface area (Å²) < 4.78 is 0. The van der Waals surface area contributed by atoms with Crippen LogP contribution >= 0.6 is 0 Å². The van der Waals surface area contributed by atoms with Crippen LogP contribution in [0.5, 0.6) is 0 Å². The Hall–Kier alpha value is -2.13. The van der Waals surface area contributed by atoms with Gasteiger partial charge in [-0.1, -0.05) is 48.5 Å². The zero-order valence-corrected chi connectivity index (χ0v) is 11.6. The molecule has 0 spiro atoms. The number of rotatable bonds is 5. The number of hydrogen-bond acceptors (Lipinski definition) is 2. The van der Waals surface area contributed by atoms with E-state index in [1.165, 1.54) is 16.5 Å². The lowest BCUT2D eigenvalue weighted by Gasteiger charge is -2.18. The van der Waals surface area contributed by atoms with E-state index in [1.54, 1.807) is 0 Å². The van der Waals surface area contributed by atoms with E-state index < -0.39 is 0 Å². The van der Waals surface area contributed by atoms with Crippen molar-refractivity contribution in [1.82, 2.24) is 15.5 Å². The van der Waals surface area contributed by atoms with Crippen molar-refractivity contribution in [3.8, 4) is 0 Å². The molecule has 3 nitrogen and oxygen atoms in total. The third-order valence-electron chi connectivity index (χ3n) is 3.77. The Labute approximate surface area is 119 Å². The molecule has 0 aliphatic heterocycles. The first-order chi connectivity index (χ1) is 9.90. The Kier molecular flexibility index (Phi) is 3.79. The molecule has 0 aliphatic carbocycles. The first-order valence-electron chi connectivity index (χ1n) is 7.01. The molecule has 0 bridgehead atoms. The monoisotopic (exact) mass is 265 g/mol. The summed E-state index contributed by atoms with van der Waals surface area (Å²) in [6.07, 6.45) is 2.96. The number of H-pyrrole nitrogens is 1. The summed E-state index contributed by atoms with van der Waals surface area (Å²) in [5, 5.41) is 11.7. The number of fused-ring (bicyclic) bond motifs is 1. The second-order valence-corrected chi connectivity index (χ2v) is 5.04. The van der Waals surface area contributed by atoms with Crippen LogP contribution in [0.2, 0.25) is 0 Å². The maximum absolute atomic E-state index is 4.18. The topological polar surface area (TPSA) is 40.7 Å². The molecule has 3 aromatic rings. The second kappa shape index (κ2) is 5.88. The van der Waals surface area contributed by atoms with Gasteiger partial charge in [-0.15, -0.1) is 0 Å². The predicted octanol–water partition coefficient (Wildman–Crippen LogP) is 3.30. The number of hydrogen-bond donors (Lipinski definition) is 2. The molecule has 2 aromatic carbocycles. The molecule has 0 saturated heterocycles. The Balaban J connectivity index is 2.07. The predicted molar refractivity (Wildman–Crippen MR) is 82.9 cm³/mol. The van der Waals surface area contributed by atoms with Gasteiger partial charge < -0.3 is 5.32 Å². The van der Waals surface area contributed by atoms with Crippen molar-refractivity contribution in [2.45, 2.75) is 12.3 Å². The molecule has 0 amide bonds. The molecule has 20 heavy (non-hydrogen) atoms. The Morgan fingerprint density at radius 1 is 1.10 bits per heavy atom. The quantitative estimate of drug-likeness (QED) is 0.743. The first kappa shape index (κ1) is 12.9. The average Bonchev–Trinajstić information content (AvgIpc) is 2.98. The van der Waals surface area contributed by atoms with Gasteiger partial charge in [0.1, 0.15) is 0 Å². The minimum absolute atomic E-state index is 0.382. The minimum Gasteiger partial charge on any atom is -0.320 e. The van der Waals surface area contributed by atoms with Crippen LogP contribution in [0.25, 0.3) is 10.9 Å². The lowest BCUT2D eigenvalue weighted by molar-refractivity contribution is 0.664. The molecule has 0 fully saturated rings. The van der Waals surface area contributed by atoms with E-state index in [2.05, 4.69) is 64.0 Å². The van der Waals surface area contributed by atoms with Crippen molar-refractivity contribution in [3.05, 3.63) is 65.9 Å². The summed E-state index contributed by atoms with van der Waals surface area (Å²) in [5.41, 5.74) is 3.82. The Morgan fingerprint density at radius 2 is 1.95 bits per heavy atom. The number of nitrogens with zero attached hydrogens (tertiary/aromatic N) is 1. The standard InChI is InChI=1S/C17H19N3/c1-18-11-10-15(13-6-3-2-4-7-13)16-9-5-8-14-12-19-20-17(14)16/h2-9,12,15,18H,10-11H2,1H3,(H,19,20)/t15-/m1/s1. The third-order valence-corrected chi connectivity index (χ3v) is 3.77. The highest BCUT2D eigenvalue weighted by Gasteiger charge is 2.16. The van der Waals surface area contributed by atoms with Crippen molar-refractivity contribution < 1.29 is 0 Å². The van der Waals surface area contributed by atoms with Gasteiger partial charge in [-0.2, -0.15) is 5.10 Å². The van der Waals surface area contributed by atoms with Gasteiger partial charge in [-0.3, -0.25) is 5.10 Å². The SMILES string of the molecule is CNCC[C@H](c1ccccc1)c1cccc2cn[nH]c12. The summed E-state index contributed by atoms with van der Waals surface area (Å²) in [5.74, 6) is 0.382. The van der Waals surface area contributed by atoms with Crippen LogP contribution in [-0.2, 0) is 0 Å². The summed E-state index contributed by atoms with van der Waals surface area (Å²) in [6, 6.07) is 17.1. The van der Waals surface area contributed by atoms with Gasteiger partial charge in [0.15, 0.2) is 0 Å². The number of aromatic nitrogens is 2. The summed E-state index contributed by atoms with van der Waals surface area (Å²) >= 11 is 0. The molecular weight excluding hydrogens is 246 g/mol. The number of nitrogens with one attached hydrogen (secondary N) is 2. The van der Waals surface area contributed by atoms with Crippen molar-refractivity contribution in [2.24, 2.45) is 0 Å². The van der Waals surface area contributed by atoms with E-state index in [0.717, 1.165) is 18.5 Å². The molecule has 3 rings (SSSR count). The molecule has 3 heteroatoms. The van der Waals surface area contributed by atoms with Gasteiger partial charge in [-0.05, 0) is 31.1 Å². The van der Waals surface area contributed by atoms with Crippen LogP contribution in [0.3, 0.4) is 0 Å². The van der Waals surface area contributed by atoms with E-state index >= 15 is 0 Å². The fourth-order valence-corrected chi connectivity index (χ4v) is 2.76. The van der Waals surface area contributed by atoms with Crippen LogP contribution in [0.1, 0.15) is 23.5 Å². The van der Waals surface area contributed by atoms with Crippen LogP contribution in [-0.4, -0.2) is 23.8 Å².